The average molecular weight is 366 g/mol. The van der Waals surface area contributed by atoms with Gasteiger partial charge in [0.15, 0.2) is 0 Å². The van der Waals surface area contributed by atoms with Crippen LogP contribution in [-0.2, 0) is 15.1 Å². The molecule has 1 fully saturated rings. The SMILES string of the molecule is CC(C)c1nc2ccc(NC(=O)CC3(n4cccc4)CCOCC3)cc2[nH]1. The van der Waals surface area contributed by atoms with Gasteiger partial charge in [0.05, 0.1) is 23.0 Å². The Hall–Kier alpha value is -2.60. The lowest BCUT2D eigenvalue weighted by molar-refractivity contribution is -0.119. The highest BCUT2D eigenvalue weighted by atomic mass is 16.5. The number of anilines is 1. The summed E-state index contributed by atoms with van der Waals surface area (Å²) in [7, 11) is 0. The Bertz CT molecular complexity index is 921. The lowest BCUT2D eigenvalue weighted by atomic mass is 9.86. The average Bonchev–Trinajstić information content (AvgIpc) is 3.32. The van der Waals surface area contributed by atoms with E-state index in [0.717, 1.165) is 35.4 Å². The minimum atomic E-state index is -0.214. The van der Waals surface area contributed by atoms with E-state index in [1.165, 1.54) is 0 Å². The van der Waals surface area contributed by atoms with Crippen molar-refractivity contribution in [3.05, 3.63) is 48.5 Å². The van der Waals surface area contributed by atoms with Gasteiger partial charge in [-0.15, -0.1) is 0 Å². The molecule has 1 amide bonds. The first-order valence-corrected chi connectivity index (χ1v) is 9.56. The molecule has 0 atom stereocenters. The third-order valence-corrected chi connectivity index (χ3v) is 5.40. The molecule has 2 aromatic heterocycles. The molecule has 0 bridgehead atoms. The summed E-state index contributed by atoms with van der Waals surface area (Å²) < 4.78 is 7.71. The Labute approximate surface area is 158 Å². The van der Waals surface area contributed by atoms with Crippen LogP contribution in [0.15, 0.2) is 42.7 Å². The third-order valence-electron chi connectivity index (χ3n) is 5.40. The van der Waals surface area contributed by atoms with E-state index < -0.39 is 0 Å². The molecular weight excluding hydrogens is 340 g/mol. The molecular formula is C21H26N4O2. The van der Waals surface area contributed by atoms with E-state index in [0.29, 0.717) is 25.6 Å². The van der Waals surface area contributed by atoms with Gasteiger partial charge < -0.3 is 19.6 Å². The van der Waals surface area contributed by atoms with Crippen molar-refractivity contribution >= 4 is 22.6 Å². The zero-order valence-electron chi connectivity index (χ0n) is 15.9. The highest BCUT2D eigenvalue weighted by Crippen LogP contribution is 2.33. The molecule has 0 unspecified atom stereocenters. The van der Waals surface area contributed by atoms with Gasteiger partial charge in [0.1, 0.15) is 5.82 Å². The Morgan fingerprint density at radius 2 is 2.04 bits per heavy atom. The van der Waals surface area contributed by atoms with E-state index >= 15 is 0 Å². The molecule has 2 N–H and O–H groups in total. The smallest absolute Gasteiger partial charge is 0.226 e. The number of imidazole rings is 1. The van der Waals surface area contributed by atoms with Crippen LogP contribution in [-0.4, -0.2) is 33.7 Å². The van der Waals surface area contributed by atoms with Crippen molar-refractivity contribution in [2.24, 2.45) is 0 Å². The largest absolute Gasteiger partial charge is 0.381 e. The van der Waals surface area contributed by atoms with Crippen molar-refractivity contribution in [1.29, 1.82) is 0 Å². The van der Waals surface area contributed by atoms with Crippen LogP contribution >= 0.6 is 0 Å². The van der Waals surface area contributed by atoms with Crippen LogP contribution in [0, 0.1) is 0 Å². The summed E-state index contributed by atoms with van der Waals surface area (Å²) in [5.74, 6) is 1.32. The molecule has 0 radical (unpaired) electrons. The topological polar surface area (TPSA) is 71.9 Å². The molecule has 0 spiro atoms. The van der Waals surface area contributed by atoms with E-state index in [2.05, 4.69) is 33.7 Å². The number of H-pyrrole nitrogens is 1. The molecule has 1 saturated heterocycles. The molecule has 4 rings (SSSR count). The standard InChI is InChI=1S/C21H26N4O2/c1-15(2)20-23-17-6-5-16(13-18(17)24-20)22-19(26)14-21(7-11-27-12-8-21)25-9-3-4-10-25/h3-6,9-10,13,15H,7-8,11-12,14H2,1-2H3,(H,22,26)(H,23,24). The normalized spacial score (nSPS) is 16.7. The van der Waals surface area contributed by atoms with Gasteiger partial charge >= 0.3 is 0 Å². The zero-order chi connectivity index (χ0) is 18.9. The lowest BCUT2D eigenvalue weighted by Crippen LogP contribution is -2.42. The number of carbonyl (C=O) groups excluding carboxylic acids is 1. The molecule has 6 nitrogen and oxygen atoms in total. The summed E-state index contributed by atoms with van der Waals surface area (Å²) in [5.41, 5.74) is 2.45. The first kappa shape index (κ1) is 17.8. The minimum Gasteiger partial charge on any atom is -0.381 e. The fraction of sp³-hybridized carbons (Fsp3) is 0.429. The van der Waals surface area contributed by atoms with Gasteiger partial charge in [-0.25, -0.2) is 4.98 Å². The maximum Gasteiger partial charge on any atom is 0.226 e. The number of nitrogens with one attached hydrogen (secondary N) is 2. The summed E-state index contributed by atoms with van der Waals surface area (Å²) in [4.78, 5) is 20.8. The van der Waals surface area contributed by atoms with Gasteiger partial charge in [0.25, 0.3) is 0 Å². The first-order chi connectivity index (χ1) is 13.1. The molecule has 1 aliphatic rings. The highest BCUT2D eigenvalue weighted by molar-refractivity contribution is 5.93. The van der Waals surface area contributed by atoms with E-state index in [-0.39, 0.29) is 11.4 Å². The fourth-order valence-corrected chi connectivity index (χ4v) is 3.81. The number of carbonyl (C=O) groups is 1. The Kier molecular flexibility index (Phi) is 4.74. The number of nitrogens with zero attached hydrogens (tertiary/aromatic N) is 2. The second kappa shape index (κ2) is 7.19. The number of ether oxygens (including phenoxy) is 1. The molecule has 1 aromatic carbocycles. The van der Waals surface area contributed by atoms with Crippen molar-refractivity contribution in [3.63, 3.8) is 0 Å². The van der Waals surface area contributed by atoms with E-state index in [1.807, 2.05) is 42.7 Å². The number of fused-ring (bicyclic) bond motifs is 1. The molecule has 142 valence electrons. The van der Waals surface area contributed by atoms with Crippen LogP contribution in [0.25, 0.3) is 11.0 Å². The monoisotopic (exact) mass is 366 g/mol. The lowest BCUT2D eigenvalue weighted by Gasteiger charge is -2.38. The summed E-state index contributed by atoms with van der Waals surface area (Å²) in [6, 6.07) is 9.83. The summed E-state index contributed by atoms with van der Waals surface area (Å²) in [6.45, 7) is 5.58. The molecule has 3 aromatic rings. The van der Waals surface area contributed by atoms with Crippen LogP contribution in [0.5, 0.6) is 0 Å². The molecule has 3 heterocycles. The summed E-state index contributed by atoms with van der Waals surface area (Å²) in [5, 5.41) is 3.07. The maximum atomic E-state index is 12.8. The van der Waals surface area contributed by atoms with E-state index in [4.69, 9.17) is 4.74 Å². The van der Waals surface area contributed by atoms with Gasteiger partial charge in [0.2, 0.25) is 5.91 Å². The van der Waals surface area contributed by atoms with Gasteiger partial charge in [0, 0.05) is 37.2 Å². The number of amides is 1. The van der Waals surface area contributed by atoms with Gasteiger partial charge in [-0.1, -0.05) is 13.8 Å². The maximum absolute atomic E-state index is 12.8. The number of aromatic nitrogens is 3. The summed E-state index contributed by atoms with van der Waals surface area (Å²) >= 11 is 0. The molecule has 0 aliphatic carbocycles. The van der Waals surface area contributed by atoms with Crippen LogP contribution in [0.3, 0.4) is 0 Å². The number of hydrogen-bond donors (Lipinski definition) is 2. The third kappa shape index (κ3) is 3.62. The molecule has 27 heavy (non-hydrogen) atoms. The van der Waals surface area contributed by atoms with Crippen molar-refractivity contribution in [2.45, 2.75) is 44.6 Å². The number of benzene rings is 1. The Morgan fingerprint density at radius 1 is 1.30 bits per heavy atom. The van der Waals surface area contributed by atoms with Crippen molar-refractivity contribution in [3.8, 4) is 0 Å². The predicted molar refractivity (Wildman–Crippen MR) is 106 cm³/mol. The number of aromatic amines is 1. The number of hydrogen-bond acceptors (Lipinski definition) is 3. The fourth-order valence-electron chi connectivity index (χ4n) is 3.81. The van der Waals surface area contributed by atoms with E-state index in [9.17, 15) is 4.79 Å². The van der Waals surface area contributed by atoms with Crippen molar-refractivity contribution < 1.29 is 9.53 Å². The second-order valence-corrected chi connectivity index (χ2v) is 7.66. The van der Waals surface area contributed by atoms with E-state index in [1.54, 1.807) is 0 Å². The van der Waals surface area contributed by atoms with Gasteiger partial charge in [-0.2, -0.15) is 0 Å². The van der Waals surface area contributed by atoms with Crippen LogP contribution < -0.4 is 5.32 Å². The Balaban J connectivity index is 1.52. The molecule has 1 aliphatic heterocycles. The quantitative estimate of drug-likeness (QED) is 0.716. The molecule has 0 saturated carbocycles. The second-order valence-electron chi connectivity index (χ2n) is 7.66. The van der Waals surface area contributed by atoms with Crippen LogP contribution in [0.2, 0.25) is 0 Å². The minimum absolute atomic E-state index is 0.0218. The zero-order valence-corrected chi connectivity index (χ0v) is 15.9. The van der Waals surface area contributed by atoms with Crippen molar-refractivity contribution in [2.75, 3.05) is 18.5 Å². The Morgan fingerprint density at radius 3 is 2.74 bits per heavy atom. The van der Waals surface area contributed by atoms with Gasteiger partial charge in [-0.3, -0.25) is 4.79 Å². The molecule has 6 heteroatoms. The first-order valence-electron chi connectivity index (χ1n) is 9.56. The van der Waals surface area contributed by atoms with Crippen molar-refractivity contribution in [1.82, 2.24) is 14.5 Å². The number of rotatable bonds is 5. The van der Waals surface area contributed by atoms with Crippen LogP contribution in [0.1, 0.15) is 44.9 Å². The predicted octanol–water partition coefficient (Wildman–Crippen LogP) is 4.02. The summed E-state index contributed by atoms with van der Waals surface area (Å²) in [6.07, 6.45) is 6.20. The van der Waals surface area contributed by atoms with Gasteiger partial charge in [-0.05, 0) is 43.2 Å². The van der Waals surface area contributed by atoms with Crippen LogP contribution in [0.4, 0.5) is 5.69 Å². The highest BCUT2D eigenvalue weighted by Gasteiger charge is 2.36.